The van der Waals surface area contributed by atoms with Crippen molar-refractivity contribution in [1.29, 1.82) is 0 Å². The number of aliphatic carboxylic acids is 1. The number of aromatic nitrogens is 1. The van der Waals surface area contributed by atoms with Crippen LogP contribution in [0.3, 0.4) is 0 Å². The highest BCUT2D eigenvalue weighted by Crippen LogP contribution is 2.15. The Morgan fingerprint density at radius 3 is 2.95 bits per heavy atom. The second kappa shape index (κ2) is 6.17. The summed E-state index contributed by atoms with van der Waals surface area (Å²) in [5.74, 6) is -1.26. The van der Waals surface area contributed by atoms with E-state index in [4.69, 9.17) is 5.11 Å². The predicted octanol–water partition coefficient (Wildman–Crippen LogP) is 0.740. The first kappa shape index (κ1) is 13.3. The zero-order valence-electron chi connectivity index (χ0n) is 10.6. The first-order valence-electron chi connectivity index (χ1n) is 6.32. The maximum Gasteiger partial charge on any atom is 0.317 e. The Morgan fingerprint density at radius 1 is 1.47 bits per heavy atom. The van der Waals surface area contributed by atoms with Crippen LogP contribution < -0.4 is 5.32 Å². The van der Waals surface area contributed by atoms with E-state index >= 15 is 0 Å². The minimum absolute atomic E-state index is 0.195. The number of carboxylic acids is 1. The van der Waals surface area contributed by atoms with Gasteiger partial charge in [0.1, 0.15) is 0 Å². The number of hydrogen-bond acceptors (Lipinski definition) is 3. The predicted molar refractivity (Wildman–Crippen MR) is 68.7 cm³/mol. The third kappa shape index (κ3) is 3.67. The van der Waals surface area contributed by atoms with E-state index in [1.54, 1.807) is 11.1 Å². The Bertz CT molecular complexity index is 450. The van der Waals surface area contributed by atoms with Crippen molar-refractivity contribution in [1.82, 2.24) is 15.2 Å². The number of pyridine rings is 1. The van der Waals surface area contributed by atoms with Gasteiger partial charge in [0.25, 0.3) is 0 Å². The number of amides is 2. The number of carbonyl (C=O) groups is 2. The number of likely N-dealkylation sites (tertiary alicyclic amines) is 1. The lowest BCUT2D eigenvalue weighted by atomic mass is 10.1. The zero-order valence-corrected chi connectivity index (χ0v) is 10.6. The third-order valence-electron chi connectivity index (χ3n) is 3.21. The molecule has 1 atom stereocenters. The van der Waals surface area contributed by atoms with E-state index in [-0.39, 0.29) is 6.03 Å². The van der Waals surface area contributed by atoms with Crippen LogP contribution in [0.25, 0.3) is 0 Å². The summed E-state index contributed by atoms with van der Waals surface area (Å²) in [6.45, 7) is 1.31. The van der Waals surface area contributed by atoms with Crippen molar-refractivity contribution in [3.05, 3.63) is 30.1 Å². The molecular formula is C13H17N3O3. The zero-order chi connectivity index (χ0) is 13.7. The Kier molecular flexibility index (Phi) is 4.33. The van der Waals surface area contributed by atoms with Gasteiger partial charge in [0, 0.05) is 37.9 Å². The van der Waals surface area contributed by atoms with Crippen molar-refractivity contribution in [2.75, 3.05) is 19.6 Å². The minimum atomic E-state index is -0.830. The fraction of sp³-hybridized carbons (Fsp3) is 0.462. The summed E-state index contributed by atoms with van der Waals surface area (Å²) in [5.41, 5.74) is 0.924. The van der Waals surface area contributed by atoms with Gasteiger partial charge < -0.3 is 15.3 Å². The van der Waals surface area contributed by atoms with Crippen molar-refractivity contribution in [3.63, 3.8) is 0 Å². The molecule has 0 saturated carbocycles. The van der Waals surface area contributed by atoms with Gasteiger partial charge in [-0.2, -0.15) is 0 Å². The van der Waals surface area contributed by atoms with E-state index in [1.807, 2.05) is 18.2 Å². The molecule has 2 heterocycles. The maximum atomic E-state index is 11.8. The highest BCUT2D eigenvalue weighted by molar-refractivity contribution is 5.77. The second-order valence-corrected chi connectivity index (χ2v) is 4.57. The topological polar surface area (TPSA) is 82.5 Å². The van der Waals surface area contributed by atoms with E-state index in [9.17, 15) is 9.59 Å². The molecule has 2 amide bonds. The molecule has 0 aromatic carbocycles. The van der Waals surface area contributed by atoms with Gasteiger partial charge >= 0.3 is 12.0 Å². The second-order valence-electron chi connectivity index (χ2n) is 4.57. The summed E-state index contributed by atoms with van der Waals surface area (Å²) in [6, 6.07) is 5.46. The van der Waals surface area contributed by atoms with Gasteiger partial charge in [-0.1, -0.05) is 6.07 Å². The Hall–Kier alpha value is -2.11. The third-order valence-corrected chi connectivity index (χ3v) is 3.21. The molecule has 6 nitrogen and oxygen atoms in total. The van der Waals surface area contributed by atoms with Gasteiger partial charge in [0.05, 0.1) is 5.92 Å². The van der Waals surface area contributed by atoms with Gasteiger partial charge in [-0.3, -0.25) is 9.78 Å². The number of urea groups is 1. The molecule has 19 heavy (non-hydrogen) atoms. The highest BCUT2D eigenvalue weighted by atomic mass is 16.4. The van der Waals surface area contributed by atoms with E-state index < -0.39 is 11.9 Å². The standard InChI is InChI=1S/C13H17N3O3/c17-12(18)10-5-8-16(9-10)13(19)15-7-4-11-3-1-2-6-14-11/h1-3,6,10H,4-5,7-9H2,(H,15,19)(H,17,18). The van der Waals surface area contributed by atoms with E-state index in [0.717, 1.165) is 5.69 Å². The molecule has 1 aliphatic heterocycles. The molecule has 0 spiro atoms. The molecule has 102 valence electrons. The molecule has 0 radical (unpaired) electrons. The number of nitrogens with zero attached hydrogens (tertiary/aromatic N) is 2. The monoisotopic (exact) mass is 263 g/mol. The van der Waals surface area contributed by atoms with Crippen LogP contribution in [-0.2, 0) is 11.2 Å². The average Bonchev–Trinajstić information content (AvgIpc) is 2.89. The van der Waals surface area contributed by atoms with Crippen molar-refractivity contribution >= 4 is 12.0 Å². The summed E-state index contributed by atoms with van der Waals surface area (Å²) < 4.78 is 0. The van der Waals surface area contributed by atoms with Crippen LogP contribution in [0.15, 0.2) is 24.4 Å². The van der Waals surface area contributed by atoms with Crippen LogP contribution in [0.4, 0.5) is 4.79 Å². The molecule has 1 aromatic heterocycles. The molecule has 1 fully saturated rings. The first-order valence-corrected chi connectivity index (χ1v) is 6.32. The molecule has 0 bridgehead atoms. The Labute approximate surface area is 111 Å². The van der Waals surface area contributed by atoms with E-state index in [2.05, 4.69) is 10.3 Å². The van der Waals surface area contributed by atoms with Crippen LogP contribution >= 0.6 is 0 Å². The molecule has 2 rings (SSSR count). The lowest BCUT2D eigenvalue weighted by Gasteiger charge is -2.16. The molecule has 1 unspecified atom stereocenters. The molecule has 0 aliphatic carbocycles. The summed E-state index contributed by atoms with van der Waals surface area (Å²) in [6.07, 6.45) is 2.92. The highest BCUT2D eigenvalue weighted by Gasteiger charge is 2.30. The largest absolute Gasteiger partial charge is 0.481 e. The number of carboxylic acid groups (broad SMARTS) is 1. The maximum absolute atomic E-state index is 11.8. The number of carbonyl (C=O) groups excluding carboxylic acids is 1. The van der Waals surface area contributed by atoms with Crippen molar-refractivity contribution in [3.8, 4) is 0 Å². The van der Waals surface area contributed by atoms with Crippen LogP contribution in [0.1, 0.15) is 12.1 Å². The molecule has 1 saturated heterocycles. The number of nitrogens with one attached hydrogen (secondary N) is 1. The van der Waals surface area contributed by atoms with Crippen LogP contribution in [0.5, 0.6) is 0 Å². The fourth-order valence-corrected chi connectivity index (χ4v) is 2.10. The summed E-state index contributed by atoms with van der Waals surface area (Å²) in [4.78, 5) is 28.3. The normalized spacial score (nSPS) is 18.3. The Morgan fingerprint density at radius 2 is 2.32 bits per heavy atom. The summed E-state index contributed by atoms with van der Waals surface area (Å²) in [7, 11) is 0. The van der Waals surface area contributed by atoms with Gasteiger partial charge in [-0.25, -0.2) is 4.79 Å². The molecular weight excluding hydrogens is 246 g/mol. The number of hydrogen-bond donors (Lipinski definition) is 2. The van der Waals surface area contributed by atoms with Crippen molar-refractivity contribution in [2.45, 2.75) is 12.8 Å². The van der Waals surface area contributed by atoms with Gasteiger partial charge in [0.15, 0.2) is 0 Å². The summed E-state index contributed by atoms with van der Waals surface area (Å²) >= 11 is 0. The smallest absolute Gasteiger partial charge is 0.317 e. The van der Waals surface area contributed by atoms with Crippen molar-refractivity contribution < 1.29 is 14.7 Å². The van der Waals surface area contributed by atoms with Crippen LogP contribution in [0.2, 0.25) is 0 Å². The van der Waals surface area contributed by atoms with E-state index in [0.29, 0.717) is 32.5 Å². The minimum Gasteiger partial charge on any atom is -0.481 e. The SMILES string of the molecule is O=C(O)C1CCN(C(=O)NCCc2ccccn2)C1. The molecule has 1 aromatic rings. The first-order chi connectivity index (χ1) is 9.16. The summed E-state index contributed by atoms with van der Waals surface area (Å²) in [5, 5.41) is 11.7. The molecule has 2 N–H and O–H groups in total. The number of rotatable bonds is 4. The van der Waals surface area contributed by atoms with Gasteiger partial charge in [0.2, 0.25) is 0 Å². The van der Waals surface area contributed by atoms with Crippen molar-refractivity contribution in [2.24, 2.45) is 5.92 Å². The lowest BCUT2D eigenvalue weighted by Crippen LogP contribution is -2.39. The Balaban J connectivity index is 1.72. The van der Waals surface area contributed by atoms with Gasteiger partial charge in [-0.05, 0) is 18.6 Å². The lowest BCUT2D eigenvalue weighted by molar-refractivity contribution is -0.141. The average molecular weight is 263 g/mol. The van der Waals surface area contributed by atoms with Gasteiger partial charge in [-0.15, -0.1) is 0 Å². The molecule has 6 heteroatoms. The fourth-order valence-electron chi connectivity index (χ4n) is 2.10. The van der Waals surface area contributed by atoms with Crippen LogP contribution in [0, 0.1) is 5.92 Å². The van der Waals surface area contributed by atoms with Crippen LogP contribution in [-0.4, -0.2) is 46.6 Å². The molecule has 1 aliphatic rings. The quantitative estimate of drug-likeness (QED) is 0.839. The van der Waals surface area contributed by atoms with E-state index in [1.165, 1.54) is 0 Å².